The number of nitrogens with zero attached hydrogens (tertiary/aromatic N) is 3. The van der Waals surface area contributed by atoms with Gasteiger partial charge in [0.05, 0.1) is 5.69 Å². The fraction of sp³-hybridized carbons (Fsp3) is 0.120. The van der Waals surface area contributed by atoms with Gasteiger partial charge in [-0.1, -0.05) is 171 Å². The monoisotopic (exact) mass is 697 g/mol. The van der Waals surface area contributed by atoms with E-state index >= 15 is 0 Å². The second kappa shape index (κ2) is 14.6. The predicted molar refractivity (Wildman–Crippen MR) is 231 cm³/mol. The Labute approximate surface area is 320 Å². The molecule has 8 aromatic rings. The van der Waals surface area contributed by atoms with Gasteiger partial charge < -0.3 is 0 Å². The molecule has 0 aliphatic heterocycles. The summed E-state index contributed by atoms with van der Waals surface area (Å²) < 4.78 is 0. The van der Waals surface area contributed by atoms with Crippen molar-refractivity contribution < 1.29 is 0 Å². The second-order valence-corrected chi connectivity index (χ2v) is 14.7. The van der Waals surface area contributed by atoms with Gasteiger partial charge in [0.2, 0.25) is 12.7 Å². The van der Waals surface area contributed by atoms with Crippen LogP contribution in [-0.2, 0) is 0 Å². The molecule has 8 rings (SSSR count). The summed E-state index contributed by atoms with van der Waals surface area (Å²) in [6.45, 7) is 13.5. The first-order chi connectivity index (χ1) is 26.2. The fourth-order valence-electron chi connectivity index (χ4n) is 8.43. The Morgan fingerprint density at radius 2 is 0.907 bits per heavy atom. The average molecular weight is 698 g/mol. The lowest BCUT2D eigenvalue weighted by Gasteiger charge is -2.28. The van der Waals surface area contributed by atoms with E-state index in [1.165, 1.54) is 55.2 Å². The largest absolute Gasteiger partial charge is 0.279 e. The highest BCUT2D eigenvalue weighted by atomic mass is 15.3. The van der Waals surface area contributed by atoms with E-state index in [1.54, 1.807) is 0 Å². The molecule has 4 heteroatoms. The third-order valence-electron chi connectivity index (χ3n) is 10.7. The third kappa shape index (κ3) is 6.72. The number of benzene rings is 7. The summed E-state index contributed by atoms with van der Waals surface area (Å²) in [5.74, 6) is 0.613. The van der Waals surface area contributed by atoms with Crippen molar-refractivity contribution in [1.82, 2.24) is 9.97 Å². The molecule has 0 aliphatic rings. The van der Waals surface area contributed by atoms with Crippen LogP contribution >= 0.6 is 0 Å². The van der Waals surface area contributed by atoms with Crippen molar-refractivity contribution in [2.45, 2.75) is 41.5 Å². The summed E-state index contributed by atoms with van der Waals surface area (Å²) in [5, 5.41) is 2.34. The Morgan fingerprint density at radius 3 is 1.43 bits per heavy atom. The maximum Gasteiger partial charge on any atom is 0.242 e. The highest BCUT2D eigenvalue weighted by Gasteiger charge is 2.29. The summed E-state index contributed by atoms with van der Waals surface area (Å²) in [6, 6.07) is 52.5. The SMILES string of the molecule is Cc1cc(C)c(B(c2ccc(N(c3ncc(-c4ccccc4)cn3)c3cc4ccccc4cc3-c3ccccc3)cc2)c2c(C)cc(C)cc2C)c(C)c1. The molecule has 0 atom stereocenters. The van der Waals surface area contributed by atoms with Gasteiger partial charge in [0.15, 0.2) is 0 Å². The molecule has 0 bridgehead atoms. The first-order valence-corrected chi connectivity index (χ1v) is 18.8. The Balaban J connectivity index is 1.33. The molecular weight excluding hydrogens is 653 g/mol. The molecule has 0 saturated carbocycles. The Kier molecular flexibility index (Phi) is 9.44. The summed E-state index contributed by atoms with van der Waals surface area (Å²) in [5.41, 5.74) is 18.2. The number of aromatic nitrogens is 2. The van der Waals surface area contributed by atoms with Crippen LogP contribution in [0.5, 0.6) is 0 Å². The molecule has 0 amide bonds. The number of rotatable bonds is 8. The third-order valence-corrected chi connectivity index (χ3v) is 10.7. The maximum absolute atomic E-state index is 5.05. The van der Waals surface area contributed by atoms with Gasteiger partial charge in [-0.2, -0.15) is 0 Å². The lowest BCUT2D eigenvalue weighted by Crippen LogP contribution is -2.55. The van der Waals surface area contributed by atoms with E-state index in [-0.39, 0.29) is 6.71 Å². The van der Waals surface area contributed by atoms with Gasteiger partial charge in [0.1, 0.15) is 0 Å². The molecule has 0 fully saturated rings. The van der Waals surface area contributed by atoms with Crippen LogP contribution in [0.4, 0.5) is 17.3 Å². The van der Waals surface area contributed by atoms with Crippen molar-refractivity contribution in [3.63, 3.8) is 0 Å². The van der Waals surface area contributed by atoms with Crippen molar-refractivity contribution in [2.75, 3.05) is 4.90 Å². The van der Waals surface area contributed by atoms with Crippen LogP contribution in [0, 0.1) is 41.5 Å². The summed E-state index contributed by atoms with van der Waals surface area (Å²) in [4.78, 5) is 12.3. The summed E-state index contributed by atoms with van der Waals surface area (Å²) >= 11 is 0. The van der Waals surface area contributed by atoms with Crippen LogP contribution in [0.1, 0.15) is 33.4 Å². The molecule has 0 aliphatic carbocycles. The van der Waals surface area contributed by atoms with E-state index in [2.05, 4.69) is 174 Å². The van der Waals surface area contributed by atoms with Crippen molar-refractivity contribution in [3.8, 4) is 22.3 Å². The number of hydrogen-bond acceptors (Lipinski definition) is 3. The number of hydrogen-bond donors (Lipinski definition) is 0. The number of fused-ring (bicyclic) bond motifs is 1. The molecule has 262 valence electrons. The normalized spacial score (nSPS) is 11.1. The van der Waals surface area contributed by atoms with Gasteiger partial charge in [-0.05, 0) is 87.7 Å². The zero-order valence-electron chi connectivity index (χ0n) is 31.9. The first-order valence-electron chi connectivity index (χ1n) is 18.8. The molecule has 0 radical (unpaired) electrons. The van der Waals surface area contributed by atoms with Crippen molar-refractivity contribution >= 4 is 51.2 Å². The van der Waals surface area contributed by atoms with Crippen molar-refractivity contribution in [1.29, 1.82) is 0 Å². The molecule has 0 spiro atoms. The van der Waals surface area contributed by atoms with Crippen LogP contribution in [-0.4, -0.2) is 16.7 Å². The zero-order chi connectivity index (χ0) is 37.3. The van der Waals surface area contributed by atoms with Crippen LogP contribution in [0.15, 0.2) is 158 Å². The van der Waals surface area contributed by atoms with E-state index < -0.39 is 0 Å². The van der Waals surface area contributed by atoms with Gasteiger partial charge in [0.25, 0.3) is 0 Å². The van der Waals surface area contributed by atoms with Crippen LogP contribution in [0.2, 0.25) is 0 Å². The van der Waals surface area contributed by atoms with Gasteiger partial charge in [0, 0.05) is 29.2 Å². The smallest absolute Gasteiger partial charge is 0.242 e. The Morgan fingerprint density at radius 1 is 0.444 bits per heavy atom. The number of anilines is 3. The van der Waals surface area contributed by atoms with Gasteiger partial charge in [-0.3, -0.25) is 4.90 Å². The molecule has 3 nitrogen and oxygen atoms in total. The summed E-state index contributed by atoms with van der Waals surface area (Å²) in [7, 11) is 0. The van der Waals surface area contributed by atoms with Gasteiger partial charge in [-0.15, -0.1) is 0 Å². The molecule has 0 unspecified atom stereocenters. The molecular formula is C50H44BN3. The lowest BCUT2D eigenvalue weighted by molar-refractivity contribution is 1.08. The zero-order valence-corrected chi connectivity index (χ0v) is 31.9. The quantitative estimate of drug-likeness (QED) is 0.148. The highest BCUT2D eigenvalue weighted by Crippen LogP contribution is 2.41. The van der Waals surface area contributed by atoms with Crippen molar-refractivity contribution in [2.24, 2.45) is 0 Å². The van der Waals surface area contributed by atoms with E-state index in [1.807, 2.05) is 30.6 Å². The highest BCUT2D eigenvalue weighted by molar-refractivity contribution is 6.96. The molecule has 0 saturated heterocycles. The minimum Gasteiger partial charge on any atom is -0.279 e. The van der Waals surface area contributed by atoms with Crippen LogP contribution in [0.25, 0.3) is 33.0 Å². The van der Waals surface area contributed by atoms with E-state index in [9.17, 15) is 0 Å². The Hall–Kier alpha value is -6.26. The van der Waals surface area contributed by atoms with Crippen LogP contribution in [0.3, 0.4) is 0 Å². The first kappa shape index (κ1) is 34.8. The van der Waals surface area contributed by atoms with Gasteiger partial charge in [-0.25, -0.2) is 9.97 Å². The Bertz CT molecular complexity index is 2490. The van der Waals surface area contributed by atoms with Crippen LogP contribution < -0.4 is 21.3 Å². The molecule has 1 aromatic heterocycles. The predicted octanol–water partition coefficient (Wildman–Crippen LogP) is 10.8. The molecule has 7 aromatic carbocycles. The van der Waals surface area contributed by atoms with E-state index in [0.29, 0.717) is 5.95 Å². The van der Waals surface area contributed by atoms with E-state index in [4.69, 9.17) is 9.97 Å². The average Bonchev–Trinajstić information content (AvgIpc) is 3.18. The minimum atomic E-state index is 0.0793. The summed E-state index contributed by atoms with van der Waals surface area (Å²) in [6.07, 6.45) is 3.87. The van der Waals surface area contributed by atoms with Gasteiger partial charge >= 0.3 is 0 Å². The number of aryl methyl sites for hydroxylation is 6. The standard InChI is InChI=1S/C50H44BN3/c1-33-25-35(3)48(36(4)26-33)51(49-37(5)27-34(2)28-38(49)6)44-21-23-45(24-22-44)54(50-52-31-43(32-53-50)39-15-9-7-10-16-39)47-30-42-20-14-13-19-41(42)29-46(47)40-17-11-8-12-18-40/h7-32H,1-6H3. The van der Waals surface area contributed by atoms with Crippen molar-refractivity contribution in [3.05, 3.63) is 191 Å². The minimum absolute atomic E-state index is 0.0793. The molecule has 54 heavy (non-hydrogen) atoms. The molecule has 0 N–H and O–H groups in total. The fourth-order valence-corrected chi connectivity index (χ4v) is 8.43. The molecule has 1 heterocycles. The second-order valence-electron chi connectivity index (χ2n) is 14.7. The van der Waals surface area contributed by atoms with E-state index in [0.717, 1.165) is 39.0 Å². The maximum atomic E-state index is 5.05. The topological polar surface area (TPSA) is 29.0 Å². The lowest BCUT2D eigenvalue weighted by atomic mass is 9.34.